The van der Waals surface area contributed by atoms with Crippen molar-refractivity contribution in [1.82, 2.24) is 25.1 Å². The maximum absolute atomic E-state index is 12.7. The van der Waals surface area contributed by atoms with Gasteiger partial charge in [-0.2, -0.15) is 0 Å². The highest BCUT2D eigenvalue weighted by atomic mass is 127. The normalized spacial score (nSPS) is 15.4. The minimum Gasteiger partial charge on any atom is -0.355 e. The van der Waals surface area contributed by atoms with E-state index in [4.69, 9.17) is 0 Å². The lowest BCUT2D eigenvalue weighted by Crippen LogP contribution is -2.49. The molecular weight excluding hydrogens is 491 g/mol. The summed E-state index contributed by atoms with van der Waals surface area (Å²) >= 11 is 0. The molecule has 1 heterocycles. The summed E-state index contributed by atoms with van der Waals surface area (Å²) in [6.07, 6.45) is 9.67. The molecule has 2 aromatic rings. The van der Waals surface area contributed by atoms with Crippen LogP contribution in [0.25, 0.3) is 0 Å². The van der Waals surface area contributed by atoms with Crippen LogP contribution in [0.4, 0.5) is 0 Å². The number of hydrogen-bond acceptors (Lipinski definition) is 3. The number of guanidine groups is 1. The molecule has 1 saturated carbocycles. The van der Waals surface area contributed by atoms with E-state index in [1.165, 1.54) is 11.1 Å². The molecule has 1 aliphatic carbocycles. The molecule has 8 heteroatoms. The van der Waals surface area contributed by atoms with Crippen molar-refractivity contribution in [3.63, 3.8) is 0 Å². The van der Waals surface area contributed by atoms with Crippen molar-refractivity contribution < 1.29 is 4.79 Å². The predicted octanol–water partition coefficient (Wildman–Crippen LogP) is 2.86. The van der Waals surface area contributed by atoms with E-state index in [0.29, 0.717) is 13.1 Å². The standard InChI is InChI=1S/C22H32N6O.HI/c1-23-21(26-16-22(10-4-5-11-22)20(29)27(2)3)25-14-18-6-8-19(9-7-18)15-28-13-12-24-17-28;/h6-9,12-13,17H,4-5,10-11,14-16H2,1-3H3,(H2,23,25,26);1H. The van der Waals surface area contributed by atoms with Crippen molar-refractivity contribution in [2.75, 3.05) is 27.7 Å². The Labute approximate surface area is 196 Å². The summed E-state index contributed by atoms with van der Waals surface area (Å²) in [4.78, 5) is 22.8. The Kier molecular flexibility index (Phi) is 9.13. The Bertz CT molecular complexity index is 811. The summed E-state index contributed by atoms with van der Waals surface area (Å²) in [5.74, 6) is 0.941. The van der Waals surface area contributed by atoms with E-state index in [2.05, 4.69) is 44.9 Å². The van der Waals surface area contributed by atoms with E-state index in [-0.39, 0.29) is 35.3 Å². The molecule has 0 radical (unpaired) electrons. The number of benzene rings is 1. The summed E-state index contributed by atoms with van der Waals surface area (Å²) < 4.78 is 2.05. The average Bonchev–Trinajstić information content (AvgIpc) is 3.41. The summed E-state index contributed by atoms with van der Waals surface area (Å²) in [6.45, 7) is 2.12. The molecule has 7 nitrogen and oxygen atoms in total. The van der Waals surface area contributed by atoms with E-state index in [0.717, 1.165) is 38.2 Å². The fourth-order valence-electron chi connectivity index (χ4n) is 4.01. The Hall–Kier alpha value is -2.10. The quantitative estimate of drug-likeness (QED) is 0.332. The summed E-state index contributed by atoms with van der Waals surface area (Å²) in [7, 11) is 5.44. The molecule has 1 amide bonds. The molecule has 30 heavy (non-hydrogen) atoms. The number of hydrogen-bond donors (Lipinski definition) is 2. The molecule has 0 unspecified atom stereocenters. The van der Waals surface area contributed by atoms with Crippen molar-refractivity contribution in [1.29, 1.82) is 0 Å². The van der Waals surface area contributed by atoms with Gasteiger partial charge in [0.1, 0.15) is 0 Å². The van der Waals surface area contributed by atoms with Crippen molar-refractivity contribution >= 4 is 35.8 Å². The molecule has 1 aromatic heterocycles. The first kappa shape index (κ1) is 24.2. The number of halogens is 1. The highest BCUT2D eigenvalue weighted by Crippen LogP contribution is 2.38. The number of aliphatic imine (C=N–C) groups is 1. The maximum Gasteiger partial charge on any atom is 0.230 e. The minimum atomic E-state index is -0.309. The van der Waals surface area contributed by atoms with Gasteiger partial charge < -0.3 is 20.1 Å². The fraction of sp³-hybridized carbons (Fsp3) is 0.500. The lowest BCUT2D eigenvalue weighted by Gasteiger charge is -2.31. The summed E-state index contributed by atoms with van der Waals surface area (Å²) in [5, 5.41) is 6.74. The number of imidazole rings is 1. The highest BCUT2D eigenvalue weighted by molar-refractivity contribution is 14.0. The lowest BCUT2D eigenvalue weighted by molar-refractivity contribution is -0.138. The topological polar surface area (TPSA) is 74.5 Å². The van der Waals surface area contributed by atoms with Crippen LogP contribution in [0.15, 0.2) is 48.0 Å². The smallest absolute Gasteiger partial charge is 0.230 e. The van der Waals surface area contributed by atoms with Crippen LogP contribution in [-0.2, 0) is 17.9 Å². The molecule has 3 rings (SSSR count). The van der Waals surface area contributed by atoms with E-state index in [1.54, 1.807) is 18.1 Å². The van der Waals surface area contributed by atoms with E-state index < -0.39 is 0 Å². The molecule has 164 valence electrons. The predicted molar refractivity (Wildman–Crippen MR) is 131 cm³/mol. The third-order valence-corrected chi connectivity index (χ3v) is 5.65. The van der Waals surface area contributed by atoms with Crippen LogP contribution in [0.5, 0.6) is 0 Å². The minimum absolute atomic E-state index is 0. The molecule has 0 spiro atoms. The number of rotatable bonds is 7. The maximum atomic E-state index is 12.7. The van der Waals surface area contributed by atoms with E-state index in [1.807, 2.05) is 31.2 Å². The fourth-order valence-corrected chi connectivity index (χ4v) is 4.01. The molecule has 1 aliphatic rings. The largest absolute Gasteiger partial charge is 0.355 e. The first-order valence-corrected chi connectivity index (χ1v) is 10.2. The number of aromatic nitrogens is 2. The lowest BCUT2D eigenvalue weighted by atomic mass is 9.84. The van der Waals surface area contributed by atoms with Gasteiger partial charge in [-0.05, 0) is 24.0 Å². The van der Waals surface area contributed by atoms with Crippen LogP contribution >= 0.6 is 24.0 Å². The molecular formula is C22H33IN6O. The number of amides is 1. The third-order valence-electron chi connectivity index (χ3n) is 5.65. The van der Waals surface area contributed by atoms with Gasteiger partial charge in [0.25, 0.3) is 0 Å². The van der Waals surface area contributed by atoms with Gasteiger partial charge in [-0.1, -0.05) is 37.1 Å². The number of nitrogens with one attached hydrogen (secondary N) is 2. The van der Waals surface area contributed by atoms with Gasteiger partial charge in [-0.15, -0.1) is 24.0 Å². The Morgan fingerprint density at radius 2 is 1.83 bits per heavy atom. The van der Waals surface area contributed by atoms with Crippen LogP contribution in [-0.4, -0.2) is 54.0 Å². The van der Waals surface area contributed by atoms with Crippen LogP contribution < -0.4 is 10.6 Å². The van der Waals surface area contributed by atoms with Crippen molar-refractivity contribution in [2.24, 2.45) is 10.4 Å². The molecule has 0 saturated heterocycles. The molecule has 1 fully saturated rings. The first-order valence-electron chi connectivity index (χ1n) is 10.2. The molecule has 1 aromatic carbocycles. The van der Waals surface area contributed by atoms with Gasteiger partial charge in [0.2, 0.25) is 5.91 Å². The number of nitrogens with zero attached hydrogens (tertiary/aromatic N) is 4. The first-order chi connectivity index (χ1) is 14.0. The van der Waals surface area contributed by atoms with Crippen molar-refractivity contribution in [3.8, 4) is 0 Å². The Balaban J connectivity index is 0.00000320. The van der Waals surface area contributed by atoms with Crippen LogP contribution in [0.3, 0.4) is 0 Å². The van der Waals surface area contributed by atoms with Gasteiger partial charge >= 0.3 is 0 Å². The SMILES string of the molecule is CN=C(NCc1ccc(Cn2ccnc2)cc1)NCC1(C(=O)N(C)C)CCCC1.I. The van der Waals surface area contributed by atoms with Gasteiger partial charge in [0.15, 0.2) is 5.96 Å². The Morgan fingerprint density at radius 1 is 1.17 bits per heavy atom. The Morgan fingerprint density at radius 3 is 2.40 bits per heavy atom. The average molecular weight is 524 g/mol. The molecule has 0 bridgehead atoms. The second-order valence-corrected chi connectivity index (χ2v) is 8.02. The van der Waals surface area contributed by atoms with Crippen molar-refractivity contribution in [2.45, 2.75) is 38.8 Å². The monoisotopic (exact) mass is 524 g/mol. The van der Waals surface area contributed by atoms with Gasteiger partial charge in [-0.3, -0.25) is 9.79 Å². The van der Waals surface area contributed by atoms with Crippen molar-refractivity contribution in [3.05, 3.63) is 54.1 Å². The van der Waals surface area contributed by atoms with Crippen LogP contribution in [0.2, 0.25) is 0 Å². The zero-order valence-corrected chi connectivity index (χ0v) is 20.4. The summed E-state index contributed by atoms with van der Waals surface area (Å²) in [6, 6.07) is 8.52. The molecule has 0 atom stereocenters. The zero-order valence-electron chi connectivity index (χ0n) is 18.1. The van der Waals surface area contributed by atoms with E-state index >= 15 is 0 Å². The van der Waals surface area contributed by atoms with Crippen LogP contribution in [0, 0.1) is 5.41 Å². The zero-order chi connectivity index (χ0) is 20.7. The number of carbonyl (C=O) groups is 1. The van der Waals surface area contributed by atoms with Crippen LogP contribution in [0.1, 0.15) is 36.8 Å². The second-order valence-electron chi connectivity index (χ2n) is 8.02. The van der Waals surface area contributed by atoms with Gasteiger partial charge in [0.05, 0.1) is 11.7 Å². The highest BCUT2D eigenvalue weighted by Gasteiger charge is 2.42. The summed E-state index contributed by atoms with van der Waals surface area (Å²) in [5.41, 5.74) is 2.11. The molecule has 0 aliphatic heterocycles. The van der Waals surface area contributed by atoms with Gasteiger partial charge in [-0.25, -0.2) is 4.98 Å². The molecule has 2 N–H and O–H groups in total. The van der Waals surface area contributed by atoms with E-state index in [9.17, 15) is 4.79 Å². The third kappa shape index (κ3) is 6.20. The van der Waals surface area contributed by atoms with Gasteiger partial charge in [0, 0.05) is 53.2 Å². The second kappa shape index (κ2) is 11.3. The number of carbonyl (C=O) groups excluding carboxylic acids is 1.